The number of morpholine rings is 1. The van der Waals surface area contributed by atoms with E-state index in [1.165, 1.54) is 0 Å². The van der Waals surface area contributed by atoms with E-state index < -0.39 is 6.10 Å². The van der Waals surface area contributed by atoms with Gasteiger partial charge in [0, 0.05) is 30.1 Å². The van der Waals surface area contributed by atoms with Gasteiger partial charge in [-0.2, -0.15) is 0 Å². The number of aromatic nitrogens is 1. The maximum Gasteiger partial charge on any atom is 0.161 e. The van der Waals surface area contributed by atoms with E-state index in [1.807, 2.05) is 25.1 Å². The van der Waals surface area contributed by atoms with Gasteiger partial charge in [0.25, 0.3) is 0 Å². The van der Waals surface area contributed by atoms with Crippen LogP contribution in [0.1, 0.15) is 23.6 Å². The number of hydrogen-bond donors (Lipinski definition) is 1. The zero-order valence-electron chi connectivity index (χ0n) is 15.5. The summed E-state index contributed by atoms with van der Waals surface area (Å²) < 4.78 is 16.8. The van der Waals surface area contributed by atoms with Gasteiger partial charge in [0.2, 0.25) is 0 Å². The zero-order chi connectivity index (χ0) is 18.5. The molecule has 2 aromatic rings. The Morgan fingerprint density at radius 3 is 2.73 bits per heavy atom. The van der Waals surface area contributed by atoms with Gasteiger partial charge >= 0.3 is 0 Å². The number of nitrogens with zero attached hydrogens (tertiary/aromatic N) is 2. The lowest BCUT2D eigenvalue weighted by Gasteiger charge is -2.26. The molecular weight excluding hydrogens is 352 g/mol. The fourth-order valence-electron chi connectivity index (χ4n) is 2.95. The predicted octanol–water partition coefficient (Wildman–Crippen LogP) is 2.89. The van der Waals surface area contributed by atoms with E-state index in [1.54, 1.807) is 25.4 Å². The molecule has 3 rings (SSSR count). The van der Waals surface area contributed by atoms with Crippen LogP contribution in [-0.2, 0) is 4.74 Å². The molecular formula is C19H26N2O4S. The van der Waals surface area contributed by atoms with Gasteiger partial charge in [-0.25, -0.2) is 4.98 Å². The van der Waals surface area contributed by atoms with Gasteiger partial charge in [-0.3, -0.25) is 4.90 Å². The van der Waals surface area contributed by atoms with Crippen LogP contribution in [0, 0.1) is 6.92 Å². The van der Waals surface area contributed by atoms with Crippen LogP contribution < -0.4 is 9.47 Å². The molecule has 1 aromatic heterocycles. The summed E-state index contributed by atoms with van der Waals surface area (Å²) in [6.45, 7) is 8.63. The standard InChI is InChI=1S/C19H26N2O4S/c1-13(22)18-14(2)26-19(20-18)15-4-5-16(23-3)17(12-15)25-11-8-21-6-9-24-10-7-21/h4-5,12-13,22H,6-11H2,1-3H3/t13-/m0/s1. The van der Waals surface area contributed by atoms with Crippen molar-refractivity contribution in [2.24, 2.45) is 0 Å². The number of thiazole rings is 1. The summed E-state index contributed by atoms with van der Waals surface area (Å²) in [6, 6.07) is 5.83. The Morgan fingerprint density at radius 1 is 1.31 bits per heavy atom. The van der Waals surface area contributed by atoms with E-state index in [4.69, 9.17) is 14.2 Å². The maximum atomic E-state index is 9.83. The molecule has 1 saturated heterocycles. The quantitative estimate of drug-likeness (QED) is 0.799. The van der Waals surface area contributed by atoms with Crippen molar-refractivity contribution in [3.63, 3.8) is 0 Å². The molecule has 2 heterocycles. The van der Waals surface area contributed by atoms with Crippen LogP contribution in [0.25, 0.3) is 10.6 Å². The molecule has 1 atom stereocenters. The Balaban J connectivity index is 1.72. The third-order valence-electron chi connectivity index (χ3n) is 4.41. The van der Waals surface area contributed by atoms with Gasteiger partial charge in [0.05, 0.1) is 32.1 Å². The van der Waals surface area contributed by atoms with E-state index in [-0.39, 0.29) is 0 Å². The van der Waals surface area contributed by atoms with Crippen LogP contribution in [0.5, 0.6) is 11.5 Å². The molecule has 0 radical (unpaired) electrons. The molecule has 1 N–H and O–H groups in total. The first-order chi connectivity index (χ1) is 12.6. The second kappa shape index (κ2) is 8.81. The normalized spacial score (nSPS) is 16.5. The zero-order valence-corrected chi connectivity index (χ0v) is 16.3. The van der Waals surface area contributed by atoms with Crippen LogP contribution in [0.15, 0.2) is 18.2 Å². The van der Waals surface area contributed by atoms with Crippen LogP contribution >= 0.6 is 11.3 Å². The third kappa shape index (κ3) is 4.54. The molecule has 142 valence electrons. The number of aliphatic hydroxyl groups excluding tert-OH is 1. The summed E-state index contributed by atoms with van der Waals surface area (Å²) in [5.41, 5.74) is 1.70. The third-order valence-corrected chi connectivity index (χ3v) is 5.44. The van der Waals surface area contributed by atoms with Crippen LogP contribution in [0.4, 0.5) is 0 Å². The summed E-state index contributed by atoms with van der Waals surface area (Å²) in [5, 5.41) is 10.7. The van der Waals surface area contributed by atoms with Crippen molar-refractivity contribution in [3.8, 4) is 22.1 Å². The summed E-state index contributed by atoms with van der Waals surface area (Å²) in [5.74, 6) is 1.42. The van der Waals surface area contributed by atoms with Gasteiger partial charge in [-0.15, -0.1) is 11.3 Å². The molecule has 1 fully saturated rings. The smallest absolute Gasteiger partial charge is 0.161 e. The Morgan fingerprint density at radius 2 is 2.08 bits per heavy atom. The topological polar surface area (TPSA) is 64.0 Å². The SMILES string of the molecule is COc1ccc(-c2nc([C@H](C)O)c(C)s2)cc1OCCN1CCOCC1. The molecule has 1 aromatic carbocycles. The molecule has 6 nitrogen and oxygen atoms in total. The molecule has 0 aliphatic carbocycles. The molecule has 1 aliphatic heterocycles. The van der Waals surface area contributed by atoms with Gasteiger partial charge in [-0.05, 0) is 32.0 Å². The summed E-state index contributed by atoms with van der Waals surface area (Å²) in [4.78, 5) is 7.94. The van der Waals surface area contributed by atoms with Crippen molar-refractivity contribution < 1.29 is 19.3 Å². The number of ether oxygens (including phenoxy) is 3. The molecule has 0 spiro atoms. The highest BCUT2D eigenvalue weighted by Gasteiger charge is 2.16. The first-order valence-electron chi connectivity index (χ1n) is 8.85. The van der Waals surface area contributed by atoms with Crippen molar-refractivity contribution in [1.82, 2.24) is 9.88 Å². The van der Waals surface area contributed by atoms with E-state index in [0.717, 1.165) is 54.0 Å². The molecule has 0 bridgehead atoms. The Hall–Kier alpha value is -1.67. The summed E-state index contributed by atoms with van der Waals surface area (Å²) >= 11 is 1.57. The van der Waals surface area contributed by atoms with Crippen LogP contribution in [0.2, 0.25) is 0 Å². The number of aryl methyl sites for hydroxylation is 1. The summed E-state index contributed by atoms with van der Waals surface area (Å²) in [7, 11) is 1.64. The monoisotopic (exact) mass is 378 g/mol. The Bertz CT molecular complexity index is 726. The number of benzene rings is 1. The predicted molar refractivity (Wildman–Crippen MR) is 102 cm³/mol. The minimum atomic E-state index is -0.567. The number of aliphatic hydroxyl groups is 1. The molecule has 1 aliphatic rings. The van der Waals surface area contributed by atoms with E-state index in [0.29, 0.717) is 18.1 Å². The average Bonchev–Trinajstić information content (AvgIpc) is 3.04. The van der Waals surface area contributed by atoms with Crippen molar-refractivity contribution in [3.05, 3.63) is 28.8 Å². The fraction of sp³-hybridized carbons (Fsp3) is 0.526. The molecule has 0 unspecified atom stereocenters. The maximum absolute atomic E-state index is 9.83. The van der Waals surface area contributed by atoms with Gasteiger partial charge in [0.15, 0.2) is 11.5 Å². The fourth-order valence-corrected chi connectivity index (χ4v) is 3.95. The largest absolute Gasteiger partial charge is 0.493 e. The molecule has 0 amide bonds. The average molecular weight is 378 g/mol. The number of methoxy groups -OCH3 is 1. The summed E-state index contributed by atoms with van der Waals surface area (Å²) in [6.07, 6.45) is -0.567. The number of hydrogen-bond acceptors (Lipinski definition) is 7. The second-order valence-corrected chi connectivity index (χ2v) is 7.51. The van der Waals surface area contributed by atoms with Crippen LogP contribution in [-0.4, -0.2) is 61.6 Å². The Labute approximate surface area is 158 Å². The highest BCUT2D eigenvalue weighted by Crippen LogP contribution is 2.36. The second-order valence-electron chi connectivity index (χ2n) is 6.30. The van der Waals surface area contributed by atoms with Crippen molar-refractivity contribution in [2.75, 3.05) is 46.6 Å². The first kappa shape index (κ1) is 19.1. The van der Waals surface area contributed by atoms with Crippen molar-refractivity contribution >= 4 is 11.3 Å². The molecule has 7 heteroatoms. The van der Waals surface area contributed by atoms with Gasteiger partial charge < -0.3 is 19.3 Å². The minimum absolute atomic E-state index is 0.567. The van der Waals surface area contributed by atoms with Gasteiger partial charge in [0.1, 0.15) is 11.6 Å². The minimum Gasteiger partial charge on any atom is -0.493 e. The van der Waals surface area contributed by atoms with E-state index in [9.17, 15) is 5.11 Å². The van der Waals surface area contributed by atoms with Gasteiger partial charge in [-0.1, -0.05) is 0 Å². The highest BCUT2D eigenvalue weighted by molar-refractivity contribution is 7.15. The lowest BCUT2D eigenvalue weighted by molar-refractivity contribution is 0.0321. The highest BCUT2D eigenvalue weighted by atomic mass is 32.1. The molecule has 0 saturated carbocycles. The lowest BCUT2D eigenvalue weighted by Crippen LogP contribution is -2.38. The van der Waals surface area contributed by atoms with Crippen molar-refractivity contribution in [1.29, 1.82) is 0 Å². The van der Waals surface area contributed by atoms with Crippen LogP contribution in [0.3, 0.4) is 0 Å². The first-order valence-corrected chi connectivity index (χ1v) is 9.67. The Kier molecular flexibility index (Phi) is 6.48. The van der Waals surface area contributed by atoms with E-state index in [2.05, 4.69) is 9.88 Å². The number of rotatable bonds is 7. The lowest BCUT2D eigenvalue weighted by atomic mass is 10.2. The van der Waals surface area contributed by atoms with E-state index >= 15 is 0 Å². The van der Waals surface area contributed by atoms with Crippen molar-refractivity contribution in [2.45, 2.75) is 20.0 Å². The molecule has 26 heavy (non-hydrogen) atoms.